The predicted octanol–water partition coefficient (Wildman–Crippen LogP) is 4.35. The maximum Gasteiger partial charge on any atom is 0.243 e. The van der Waals surface area contributed by atoms with E-state index in [1.54, 1.807) is 6.08 Å². The molecule has 0 unspecified atom stereocenters. The summed E-state index contributed by atoms with van der Waals surface area (Å²) in [7, 11) is 0. The standard InChI is InChI=1S/C25H38N2O2/c1-24-14-12-19-17(8-11-21-25(19,2)15-13-22(28)27-21)18(24)9-10-20(24)23(29)26-16-6-4-3-5-7-16/h13,15-21H,3-12,14H2,1-2H3,(H,26,29)(H,27,28)/t17-,18-,19-,20+,21+,24-,25+/m0/s1/i3D2,4D2,5D2,6D2,7D2,16D. The molecule has 4 fully saturated rings. The second-order valence-electron chi connectivity index (χ2n) is 9.88. The molecule has 0 aromatic heterocycles. The Morgan fingerprint density at radius 1 is 1.14 bits per heavy atom. The van der Waals surface area contributed by atoms with Crippen molar-refractivity contribution in [2.45, 2.75) is 96.3 Å². The van der Waals surface area contributed by atoms with Crippen LogP contribution < -0.4 is 10.6 Å². The Labute approximate surface area is 191 Å². The van der Waals surface area contributed by atoms with Crippen molar-refractivity contribution in [2.24, 2.45) is 34.5 Å². The summed E-state index contributed by atoms with van der Waals surface area (Å²) in [6.07, 6.45) is -10.3. The molecule has 4 saturated carbocycles. The molecule has 0 aromatic carbocycles. The number of carbonyl (C=O) groups is 2. The maximum atomic E-state index is 13.9. The summed E-state index contributed by atoms with van der Waals surface area (Å²) in [5.41, 5.74) is -0.763. The lowest BCUT2D eigenvalue weighted by Gasteiger charge is -2.58. The van der Waals surface area contributed by atoms with Gasteiger partial charge in [-0.2, -0.15) is 0 Å². The van der Waals surface area contributed by atoms with Gasteiger partial charge in [0, 0.05) is 37.1 Å². The van der Waals surface area contributed by atoms with Gasteiger partial charge in [-0.15, -0.1) is 0 Å². The van der Waals surface area contributed by atoms with Crippen LogP contribution in [0.15, 0.2) is 12.2 Å². The van der Waals surface area contributed by atoms with E-state index in [1.807, 2.05) is 13.0 Å². The minimum absolute atomic E-state index is 0.0428. The van der Waals surface area contributed by atoms with Crippen LogP contribution in [0, 0.1) is 34.5 Å². The second-order valence-corrected chi connectivity index (χ2v) is 9.88. The van der Waals surface area contributed by atoms with E-state index in [1.165, 1.54) is 0 Å². The molecule has 1 heterocycles. The normalized spacial score (nSPS) is 62.3. The van der Waals surface area contributed by atoms with Crippen molar-refractivity contribution in [1.29, 1.82) is 0 Å². The molecular weight excluding hydrogens is 360 g/mol. The quantitative estimate of drug-likeness (QED) is 0.712. The third-order valence-corrected chi connectivity index (χ3v) is 8.75. The van der Waals surface area contributed by atoms with Crippen molar-refractivity contribution in [1.82, 2.24) is 10.6 Å². The van der Waals surface area contributed by atoms with Crippen LogP contribution in [0.4, 0.5) is 0 Å². The average molecular weight is 410 g/mol. The molecule has 5 rings (SSSR count). The molecule has 29 heavy (non-hydrogen) atoms. The Balaban J connectivity index is 1.45. The van der Waals surface area contributed by atoms with Crippen molar-refractivity contribution in [3.05, 3.63) is 12.2 Å². The van der Waals surface area contributed by atoms with E-state index in [9.17, 15) is 9.59 Å². The van der Waals surface area contributed by atoms with Gasteiger partial charge < -0.3 is 10.6 Å². The minimum Gasteiger partial charge on any atom is -0.353 e. The number of nitrogens with one attached hydrogen (secondary N) is 2. The molecule has 4 aliphatic carbocycles. The predicted molar refractivity (Wildman–Crippen MR) is 114 cm³/mol. The van der Waals surface area contributed by atoms with Crippen LogP contribution in [0.1, 0.15) is 99.3 Å². The first-order chi connectivity index (χ1) is 18.0. The fourth-order valence-electron chi connectivity index (χ4n) is 7.29. The third-order valence-electron chi connectivity index (χ3n) is 8.75. The topological polar surface area (TPSA) is 58.2 Å². The van der Waals surface area contributed by atoms with Crippen LogP contribution in [0.3, 0.4) is 0 Å². The van der Waals surface area contributed by atoms with Gasteiger partial charge in [-0.25, -0.2) is 0 Å². The van der Waals surface area contributed by atoms with E-state index >= 15 is 0 Å². The fourth-order valence-corrected chi connectivity index (χ4v) is 7.29. The molecule has 0 aromatic rings. The van der Waals surface area contributed by atoms with Crippen LogP contribution in [-0.2, 0) is 9.59 Å². The highest BCUT2D eigenvalue weighted by molar-refractivity contribution is 5.89. The van der Waals surface area contributed by atoms with Crippen LogP contribution in [0.25, 0.3) is 0 Å². The summed E-state index contributed by atoms with van der Waals surface area (Å²) in [5, 5.41) is 5.23. The van der Waals surface area contributed by atoms with Crippen molar-refractivity contribution >= 4 is 11.8 Å². The first-order valence-electron chi connectivity index (χ1n) is 16.4. The summed E-state index contributed by atoms with van der Waals surface area (Å²) in [6, 6.07) is -3.40. The lowest BCUT2D eigenvalue weighted by atomic mass is 9.48. The molecule has 7 atom stereocenters. The molecule has 1 aliphatic heterocycles. The number of hydrogen-bond donors (Lipinski definition) is 2. The van der Waals surface area contributed by atoms with E-state index < -0.39 is 55.1 Å². The van der Waals surface area contributed by atoms with Crippen molar-refractivity contribution in [3.63, 3.8) is 0 Å². The molecule has 0 saturated heterocycles. The van der Waals surface area contributed by atoms with E-state index in [2.05, 4.69) is 17.6 Å². The molecule has 4 nitrogen and oxygen atoms in total. The zero-order valence-corrected chi connectivity index (χ0v) is 17.1. The number of amides is 2. The molecule has 0 bridgehead atoms. The molecule has 0 radical (unpaired) electrons. The van der Waals surface area contributed by atoms with Crippen LogP contribution in [-0.4, -0.2) is 23.9 Å². The van der Waals surface area contributed by atoms with E-state index in [-0.39, 0.29) is 35.1 Å². The Kier molecular flexibility index (Phi) is 2.66. The van der Waals surface area contributed by atoms with Crippen molar-refractivity contribution < 1.29 is 24.7 Å². The first-order valence-corrected chi connectivity index (χ1v) is 10.9. The molecular formula is C25H38N2O2. The van der Waals surface area contributed by atoms with Gasteiger partial charge in [0.1, 0.15) is 0 Å². The SMILES string of the molecule is [2H]C1([2H])C([2H])([2H])C([2H])([2H])C([2H])(NC(=O)[C@H]2CC[C@H]3[C@@H]4CC[C@H]5NC(=O)C=C[C@]5(C)[C@H]4CC[C@]23C)C([2H])([2H])C1([2H])[2H]. The summed E-state index contributed by atoms with van der Waals surface area (Å²) >= 11 is 0. The summed E-state index contributed by atoms with van der Waals surface area (Å²) in [6.45, 7) is 4.17. The van der Waals surface area contributed by atoms with Gasteiger partial charge in [0.15, 0.2) is 0 Å². The number of carbonyl (C=O) groups excluding carboxylic acids is 2. The highest BCUT2D eigenvalue weighted by Crippen LogP contribution is 2.65. The largest absolute Gasteiger partial charge is 0.353 e. The van der Waals surface area contributed by atoms with Crippen molar-refractivity contribution in [2.75, 3.05) is 0 Å². The van der Waals surface area contributed by atoms with Gasteiger partial charge in [-0.05, 0) is 80.5 Å². The summed E-state index contributed by atoms with van der Waals surface area (Å²) < 4.78 is 91.2. The van der Waals surface area contributed by atoms with Crippen LogP contribution in [0.2, 0.25) is 0 Å². The van der Waals surface area contributed by atoms with Gasteiger partial charge in [-0.1, -0.05) is 39.0 Å². The highest BCUT2D eigenvalue weighted by atomic mass is 16.2. The molecule has 0 spiro atoms. The monoisotopic (exact) mass is 409 g/mol. The van der Waals surface area contributed by atoms with Gasteiger partial charge in [0.2, 0.25) is 11.8 Å². The Bertz CT molecular complexity index is 1130. The molecule has 2 amide bonds. The lowest BCUT2D eigenvalue weighted by molar-refractivity contribution is -0.135. The molecule has 160 valence electrons. The lowest BCUT2D eigenvalue weighted by Crippen LogP contribution is -2.59. The fraction of sp³-hybridized carbons (Fsp3) is 0.840. The number of fused-ring (bicyclic) bond motifs is 5. The number of hydrogen-bond acceptors (Lipinski definition) is 2. The average Bonchev–Trinajstić information content (AvgIpc) is 3.20. The second kappa shape index (κ2) is 7.13. The van der Waals surface area contributed by atoms with E-state index in [0.29, 0.717) is 19.3 Å². The Morgan fingerprint density at radius 2 is 1.93 bits per heavy atom. The Hall–Kier alpha value is -1.32. The third kappa shape index (κ3) is 3.08. The van der Waals surface area contributed by atoms with Gasteiger partial charge in [0.05, 0.1) is 1.37 Å². The molecule has 5 aliphatic rings. The van der Waals surface area contributed by atoms with Gasteiger partial charge in [0.25, 0.3) is 0 Å². The highest BCUT2D eigenvalue weighted by Gasteiger charge is 2.60. The summed E-state index contributed by atoms with van der Waals surface area (Å²) in [5.74, 6) is -0.966. The van der Waals surface area contributed by atoms with E-state index in [0.717, 1.165) is 19.3 Å². The van der Waals surface area contributed by atoms with Gasteiger partial charge >= 0.3 is 0 Å². The van der Waals surface area contributed by atoms with Crippen LogP contribution in [0.5, 0.6) is 0 Å². The van der Waals surface area contributed by atoms with Gasteiger partial charge in [-0.3, -0.25) is 9.59 Å². The van der Waals surface area contributed by atoms with Crippen molar-refractivity contribution in [3.8, 4) is 0 Å². The minimum atomic E-state index is -3.64. The molecule has 4 heteroatoms. The zero-order valence-electron chi connectivity index (χ0n) is 28.1. The smallest absolute Gasteiger partial charge is 0.243 e. The molecule has 2 N–H and O–H groups in total. The first kappa shape index (κ1) is 10.8. The zero-order chi connectivity index (χ0) is 30.1. The van der Waals surface area contributed by atoms with E-state index in [4.69, 9.17) is 15.1 Å². The Morgan fingerprint density at radius 3 is 2.72 bits per heavy atom. The summed E-state index contributed by atoms with van der Waals surface area (Å²) in [4.78, 5) is 25.9. The van der Waals surface area contributed by atoms with Crippen LogP contribution >= 0.6 is 0 Å². The number of rotatable bonds is 2. The maximum absolute atomic E-state index is 13.9.